The Bertz CT molecular complexity index is 286. The molecular weight excluding hydrogens is 190 g/mol. The first-order valence-electron chi connectivity index (χ1n) is 5.29. The lowest BCUT2D eigenvalue weighted by Gasteiger charge is -2.40. The van der Waals surface area contributed by atoms with E-state index < -0.39 is 0 Å². The van der Waals surface area contributed by atoms with Gasteiger partial charge in [-0.05, 0) is 19.2 Å². The molecule has 0 aliphatic carbocycles. The first-order valence-corrected chi connectivity index (χ1v) is 5.29. The van der Waals surface area contributed by atoms with E-state index in [1.54, 1.807) is 5.01 Å². The van der Waals surface area contributed by atoms with Gasteiger partial charge in [0.15, 0.2) is 0 Å². The number of likely N-dealkylation sites (N-methyl/N-ethyl adjacent to an activating group) is 1. The van der Waals surface area contributed by atoms with Crippen molar-refractivity contribution < 1.29 is 0 Å². The largest absolute Gasteiger partial charge is 0.313 e. The summed E-state index contributed by atoms with van der Waals surface area (Å²) < 4.78 is 0. The highest BCUT2D eigenvalue weighted by Gasteiger charge is 2.27. The van der Waals surface area contributed by atoms with Crippen LogP contribution in [0.15, 0.2) is 23.9 Å². The lowest BCUT2D eigenvalue weighted by molar-refractivity contribution is 0.171. The third-order valence-corrected chi connectivity index (χ3v) is 3.05. The molecule has 5 nitrogen and oxygen atoms in total. The fourth-order valence-corrected chi connectivity index (χ4v) is 2.04. The lowest BCUT2D eigenvalue weighted by Crippen LogP contribution is -2.57. The third kappa shape index (κ3) is 2.05. The first kappa shape index (κ1) is 10.6. The Balaban J connectivity index is 2.14. The van der Waals surface area contributed by atoms with Crippen molar-refractivity contribution in [2.24, 2.45) is 11.6 Å². The molecule has 2 unspecified atom stereocenters. The summed E-state index contributed by atoms with van der Waals surface area (Å²) in [6.45, 7) is 3.00. The highest BCUT2D eigenvalue weighted by molar-refractivity contribution is 5.24. The summed E-state index contributed by atoms with van der Waals surface area (Å²) in [5.74, 6) is 5.95. The van der Waals surface area contributed by atoms with E-state index in [-0.39, 0.29) is 6.17 Å². The molecule has 2 rings (SSSR count). The third-order valence-electron chi connectivity index (χ3n) is 3.05. The Morgan fingerprint density at radius 2 is 2.33 bits per heavy atom. The molecule has 84 valence electrons. The Morgan fingerprint density at radius 1 is 1.53 bits per heavy atom. The van der Waals surface area contributed by atoms with Gasteiger partial charge in [0.1, 0.15) is 6.17 Å². The zero-order valence-electron chi connectivity index (χ0n) is 9.06. The molecular formula is C10H19N5. The smallest absolute Gasteiger partial charge is 0.111 e. The average molecular weight is 209 g/mol. The first-order chi connectivity index (χ1) is 7.20. The summed E-state index contributed by atoms with van der Waals surface area (Å²) in [7, 11) is 2.12. The fourth-order valence-electron chi connectivity index (χ4n) is 2.04. The summed E-state index contributed by atoms with van der Waals surface area (Å²) in [4.78, 5) is 2.30. The van der Waals surface area contributed by atoms with Crippen LogP contribution in [0.3, 0.4) is 0 Å². The van der Waals surface area contributed by atoms with Gasteiger partial charge in [0.25, 0.3) is 0 Å². The van der Waals surface area contributed by atoms with Gasteiger partial charge < -0.3 is 11.1 Å². The Kier molecular flexibility index (Phi) is 3.06. The number of nitrogens with one attached hydrogen (secondary N) is 1. The maximum atomic E-state index is 5.95. The van der Waals surface area contributed by atoms with Gasteiger partial charge in [0.2, 0.25) is 0 Å². The van der Waals surface area contributed by atoms with Crippen LogP contribution in [0.2, 0.25) is 0 Å². The Hall–Kier alpha value is -0.880. The highest BCUT2D eigenvalue weighted by Crippen LogP contribution is 2.17. The summed E-state index contributed by atoms with van der Waals surface area (Å²) >= 11 is 0. The van der Waals surface area contributed by atoms with Crippen LogP contribution >= 0.6 is 0 Å². The van der Waals surface area contributed by atoms with Crippen LogP contribution < -0.4 is 16.9 Å². The lowest BCUT2D eigenvalue weighted by atomic mass is 10.1. The molecule has 15 heavy (non-hydrogen) atoms. The second-order valence-corrected chi connectivity index (χ2v) is 4.07. The topological polar surface area (TPSA) is 70.5 Å². The molecule has 2 heterocycles. The van der Waals surface area contributed by atoms with Crippen molar-refractivity contribution in [2.75, 3.05) is 26.7 Å². The number of allylic oxidation sites excluding steroid dienone is 2. The van der Waals surface area contributed by atoms with Crippen molar-refractivity contribution >= 4 is 0 Å². The van der Waals surface area contributed by atoms with Crippen molar-refractivity contribution in [1.29, 1.82) is 0 Å². The molecule has 1 saturated heterocycles. The molecule has 2 aliphatic heterocycles. The normalized spacial score (nSPS) is 33.0. The van der Waals surface area contributed by atoms with E-state index in [9.17, 15) is 0 Å². The van der Waals surface area contributed by atoms with E-state index in [4.69, 9.17) is 11.6 Å². The van der Waals surface area contributed by atoms with E-state index in [1.807, 2.05) is 18.2 Å². The zero-order chi connectivity index (χ0) is 10.8. The SMILES string of the molecule is CN1CCNCC1C1=CC=CC(N)N1N. The van der Waals surface area contributed by atoms with Crippen LogP contribution in [0.4, 0.5) is 0 Å². The van der Waals surface area contributed by atoms with Crippen LogP contribution in [0.25, 0.3) is 0 Å². The number of rotatable bonds is 1. The second-order valence-electron chi connectivity index (χ2n) is 4.07. The van der Waals surface area contributed by atoms with Gasteiger partial charge in [-0.25, -0.2) is 5.84 Å². The maximum absolute atomic E-state index is 5.95. The summed E-state index contributed by atoms with van der Waals surface area (Å²) in [5.41, 5.74) is 6.94. The monoisotopic (exact) mass is 209 g/mol. The Morgan fingerprint density at radius 3 is 3.07 bits per heavy atom. The van der Waals surface area contributed by atoms with Gasteiger partial charge >= 0.3 is 0 Å². The molecule has 2 aliphatic rings. The van der Waals surface area contributed by atoms with Gasteiger partial charge in [-0.1, -0.05) is 6.08 Å². The van der Waals surface area contributed by atoms with E-state index in [0.717, 1.165) is 25.3 Å². The number of hydrogen-bond acceptors (Lipinski definition) is 5. The minimum atomic E-state index is -0.208. The summed E-state index contributed by atoms with van der Waals surface area (Å²) in [6, 6.07) is 0.319. The second kappa shape index (κ2) is 4.32. The molecule has 1 fully saturated rings. The van der Waals surface area contributed by atoms with Gasteiger partial charge in [0, 0.05) is 25.3 Å². The van der Waals surface area contributed by atoms with Crippen LogP contribution in [0, 0.1) is 0 Å². The van der Waals surface area contributed by atoms with Crippen molar-refractivity contribution in [3.8, 4) is 0 Å². The molecule has 0 amide bonds. The number of piperazine rings is 1. The minimum Gasteiger partial charge on any atom is -0.313 e. The molecule has 0 bridgehead atoms. The summed E-state index contributed by atoms with van der Waals surface area (Å²) in [6.07, 6.45) is 5.70. The van der Waals surface area contributed by atoms with Gasteiger partial charge in [0.05, 0.1) is 6.04 Å². The quantitative estimate of drug-likeness (QED) is 0.473. The van der Waals surface area contributed by atoms with Crippen molar-refractivity contribution in [3.63, 3.8) is 0 Å². The predicted molar refractivity (Wildman–Crippen MR) is 60.5 cm³/mol. The molecule has 0 aromatic heterocycles. The van der Waals surface area contributed by atoms with Crippen LogP contribution in [0.1, 0.15) is 0 Å². The molecule has 0 radical (unpaired) electrons. The van der Waals surface area contributed by atoms with E-state index in [0.29, 0.717) is 6.04 Å². The predicted octanol–water partition coefficient (Wildman–Crippen LogP) is -1.20. The molecule has 0 aromatic rings. The van der Waals surface area contributed by atoms with Gasteiger partial charge in [-0.3, -0.25) is 9.91 Å². The van der Waals surface area contributed by atoms with Gasteiger partial charge in [-0.2, -0.15) is 0 Å². The molecule has 5 heteroatoms. The van der Waals surface area contributed by atoms with Crippen molar-refractivity contribution in [3.05, 3.63) is 23.9 Å². The molecule has 0 spiro atoms. The van der Waals surface area contributed by atoms with Gasteiger partial charge in [-0.15, -0.1) is 0 Å². The standard InChI is InChI=1S/C10H19N5/c1-14-6-5-13-7-9(14)8-3-2-4-10(11)15(8)12/h2-4,9-10,13H,5-7,11-12H2,1H3. The van der Waals surface area contributed by atoms with Crippen LogP contribution in [-0.2, 0) is 0 Å². The number of hydrazine groups is 1. The maximum Gasteiger partial charge on any atom is 0.111 e. The van der Waals surface area contributed by atoms with Crippen LogP contribution in [-0.4, -0.2) is 48.8 Å². The van der Waals surface area contributed by atoms with E-state index >= 15 is 0 Å². The van der Waals surface area contributed by atoms with Crippen molar-refractivity contribution in [1.82, 2.24) is 15.2 Å². The molecule has 5 N–H and O–H groups in total. The number of nitrogens with two attached hydrogens (primary N) is 2. The number of hydrogen-bond donors (Lipinski definition) is 3. The number of nitrogens with zero attached hydrogens (tertiary/aromatic N) is 2. The molecule has 0 saturated carbocycles. The fraction of sp³-hybridized carbons (Fsp3) is 0.600. The molecule has 2 atom stereocenters. The zero-order valence-corrected chi connectivity index (χ0v) is 9.06. The minimum absolute atomic E-state index is 0.208. The van der Waals surface area contributed by atoms with E-state index in [1.165, 1.54) is 0 Å². The van der Waals surface area contributed by atoms with E-state index in [2.05, 4.69) is 17.3 Å². The van der Waals surface area contributed by atoms with Crippen LogP contribution in [0.5, 0.6) is 0 Å². The average Bonchev–Trinajstić information content (AvgIpc) is 2.23. The van der Waals surface area contributed by atoms with Crippen molar-refractivity contribution in [2.45, 2.75) is 12.2 Å². The molecule has 0 aromatic carbocycles. The highest BCUT2D eigenvalue weighted by atomic mass is 15.5. The Labute approximate surface area is 90.4 Å². The summed E-state index contributed by atoms with van der Waals surface area (Å²) in [5, 5.41) is 5.02.